The molecule has 3 aromatic rings. The van der Waals surface area contributed by atoms with Gasteiger partial charge in [-0.1, -0.05) is 30.3 Å². The molecule has 1 aliphatic carbocycles. The van der Waals surface area contributed by atoms with E-state index in [-0.39, 0.29) is 19.1 Å². The zero-order valence-electron chi connectivity index (χ0n) is 21.4. The van der Waals surface area contributed by atoms with Gasteiger partial charge in [0.2, 0.25) is 0 Å². The van der Waals surface area contributed by atoms with Gasteiger partial charge in [-0.05, 0) is 74.3 Å². The van der Waals surface area contributed by atoms with Gasteiger partial charge in [-0.25, -0.2) is 9.78 Å². The number of carboxylic acid groups (broad SMARTS) is 1. The Morgan fingerprint density at radius 3 is 2.76 bits per heavy atom. The minimum atomic E-state index is -1.07. The second-order valence-corrected chi connectivity index (χ2v) is 10.1. The maximum Gasteiger partial charge on any atom is 0.326 e. The first kappa shape index (κ1) is 25.9. The molecule has 1 atom stereocenters. The lowest BCUT2D eigenvalue weighted by Crippen LogP contribution is -2.42. The van der Waals surface area contributed by atoms with Crippen molar-refractivity contribution >= 4 is 17.7 Å². The predicted octanol–water partition coefficient (Wildman–Crippen LogP) is 4.50. The molecule has 0 spiro atoms. The Kier molecular flexibility index (Phi) is 8.28. The summed E-state index contributed by atoms with van der Waals surface area (Å²) < 4.78 is 5.95. The van der Waals surface area contributed by atoms with Crippen molar-refractivity contribution in [1.82, 2.24) is 15.3 Å². The first-order chi connectivity index (χ1) is 18.6. The van der Waals surface area contributed by atoms with Crippen LogP contribution in [0.15, 0.2) is 60.8 Å². The van der Waals surface area contributed by atoms with Crippen LogP contribution in [0.25, 0.3) is 11.3 Å². The summed E-state index contributed by atoms with van der Waals surface area (Å²) in [5.74, 6) is 0.136. The number of aryl methyl sites for hydroxylation is 2. The number of amides is 1. The van der Waals surface area contributed by atoms with Crippen molar-refractivity contribution in [1.29, 1.82) is 0 Å². The molecular weight excluding hydrogens is 480 g/mol. The molecule has 3 N–H and O–H groups in total. The molecule has 0 bridgehead atoms. The highest BCUT2D eigenvalue weighted by Crippen LogP contribution is 2.34. The molecule has 1 aliphatic heterocycles. The molecule has 0 saturated heterocycles. The number of fused-ring (bicyclic) bond motifs is 1. The van der Waals surface area contributed by atoms with Crippen LogP contribution in [0.3, 0.4) is 0 Å². The SMILES string of the molecule is O=C(NC(CCOC1CC(CCc2ccc3c(n2)NCCC3)C1)C(=O)O)c1ccccc1-c1ccccn1. The summed E-state index contributed by atoms with van der Waals surface area (Å²) in [4.78, 5) is 33.9. The summed E-state index contributed by atoms with van der Waals surface area (Å²) in [6, 6.07) is 15.9. The van der Waals surface area contributed by atoms with Gasteiger partial charge < -0.3 is 20.5 Å². The van der Waals surface area contributed by atoms with Gasteiger partial charge in [0, 0.05) is 42.6 Å². The number of pyridine rings is 2. The second-order valence-electron chi connectivity index (χ2n) is 10.1. The third-order valence-electron chi connectivity index (χ3n) is 7.43. The summed E-state index contributed by atoms with van der Waals surface area (Å²) in [5, 5.41) is 15.8. The Morgan fingerprint density at radius 2 is 1.95 bits per heavy atom. The first-order valence-corrected chi connectivity index (χ1v) is 13.4. The number of nitrogens with one attached hydrogen (secondary N) is 2. The lowest BCUT2D eigenvalue weighted by molar-refractivity contribution is -0.140. The summed E-state index contributed by atoms with van der Waals surface area (Å²) >= 11 is 0. The molecule has 2 aliphatic rings. The molecule has 198 valence electrons. The number of aliphatic carboxylic acids is 1. The number of ether oxygens (including phenoxy) is 1. The first-order valence-electron chi connectivity index (χ1n) is 13.4. The van der Waals surface area contributed by atoms with E-state index in [4.69, 9.17) is 9.72 Å². The van der Waals surface area contributed by atoms with Gasteiger partial charge in [-0.15, -0.1) is 0 Å². The molecule has 2 aromatic heterocycles. The average Bonchev–Trinajstić information content (AvgIpc) is 2.93. The topological polar surface area (TPSA) is 113 Å². The number of hydrogen-bond acceptors (Lipinski definition) is 6. The molecule has 1 aromatic carbocycles. The smallest absolute Gasteiger partial charge is 0.326 e. The highest BCUT2D eigenvalue weighted by atomic mass is 16.5. The fourth-order valence-electron chi connectivity index (χ4n) is 5.18. The van der Waals surface area contributed by atoms with Crippen LogP contribution in [0.2, 0.25) is 0 Å². The number of anilines is 1. The van der Waals surface area contributed by atoms with Crippen LogP contribution in [0.4, 0.5) is 5.82 Å². The molecular formula is C30H34N4O4. The molecule has 38 heavy (non-hydrogen) atoms. The number of rotatable bonds is 11. The number of carbonyl (C=O) groups excluding carboxylic acids is 1. The Balaban J connectivity index is 1.06. The van der Waals surface area contributed by atoms with E-state index >= 15 is 0 Å². The normalized spacial score (nSPS) is 18.9. The Labute approximate surface area is 222 Å². The van der Waals surface area contributed by atoms with Gasteiger partial charge in [0.15, 0.2) is 0 Å². The summed E-state index contributed by atoms with van der Waals surface area (Å²) in [6.45, 7) is 1.28. The standard InChI is InChI=1S/C30H34N4O4/c35-29(25-8-2-1-7-24(25)26-9-3-4-15-31-26)34-27(30(36)37)14-17-38-23-18-20(19-23)10-12-22-13-11-21-6-5-16-32-28(21)33-22/h1-4,7-9,11,13,15,20,23,27H,5-6,10,12,14,16-19H2,(H,32,33)(H,34,35)(H,36,37). The lowest BCUT2D eigenvalue weighted by Gasteiger charge is -2.35. The van der Waals surface area contributed by atoms with Crippen molar-refractivity contribution in [3.8, 4) is 11.3 Å². The van der Waals surface area contributed by atoms with Crippen LogP contribution in [0, 0.1) is 5.92 Å². The van der Waals surface area contributed by atoms with Crippen molar-refractivity contribution < 1.29 is 19.4 Å². The van der Waals surface area contributed by atoms with Crippen molar-refractivity contribution in [3.05, 3.63) is 77.6 Å². The van der Waals surface area contributed by atoms with Crippen LogP contribution in [-0.2, 0) is 22.4 Å². The molecule has 1 fully saturated rings. The molecule has 3 heterocycles. The summed E-state index contributed by atoms with van der Waals surface area (Å²) in [6.07, 6.45) is 8.27. The minimum absolute atomic E-state index is 0.146. The molecule has 1 amide bonds. The van der Waals surface area contributed by atoms with Crippen molar-refractivity contribution in [3.63, 3.8) is 0 Å². The van der Waals surface area contributed by atoms with E-state index in [1.165, 1.54) is 5.56 Å². The maximum atomic E-state index is 13.0. The molecule has 0 radical (unpaired) electrons. The van der Waals surface area contributed by atoms with E-state index in [2.05, 4.69) is 27.8 Å². The third-order valence-corrected chi connectivity index (χ3v) is 7.43. The lowest BCUT2D eigenvalue weighted by atomic mass is 9.79. The second kappa shape index (κ2) is 12.2. The van der Waals surface area contributed by atoms with E-state index in [1.54, 1.807) is 24.4 Å². The maximum absolute atomic E-state index is 13.0. The molecule has 5 rings (SSSR count). The highest BCUT2D eigenvalue weighted by molar-refractivity contribution is 6.02. The van der Waals surface area contributed by atoms with Gasteiger partial charge in [-0.3, -0.25) is 9.78 Å². The number of carbonyl (C=O) groups is 2. The largest absolute Gasteiger partial charge is 0.480 e. The fraction of sp³-hybridized carbons (Fsp3) is 0.400. The summed E-state index contributed by atoms with van der Waals surface area (Å²) in [7, 11) is 0. The molecule has 8 heteroatoms. The molecule has 1 unspecified atom stereocenters. The van der Waals surface area contributed by atoms with Gasteiger partial charge in [-0.2, -0.15) is 0 Å². The quantitative estimate of drug-likeness (QED) is 0.345. The van der Waals surface area contributed by atoms with E-state index in [0.29, 0.717) is 22.7 Å². The van der Waals surface area contributed by atoms with Crippen LogP contribution >= 0.6 is 0 Å². The number of carboxylic acids is 1. The molecule has 1 saturated carbocycles. The van der Waals surface area contributed by atoms with Gasteiger partial charge in [0.1, 0.15) is 11.9 Å². The number of aromatic nitrogens is 2. The third kappa shape index (κ3) is 6.37. The van der Waals surface area contributed by atoms with Gasteiger partial charge >= 0.3 is 5.97 Å². The fourth-order valence-corrected chi connectivity index (χ4v) is 5.18. The highest BCUT2D eigenvalue weighted by Gasteiger charge is 2.30. The van der Waals surface area contributed by atoms with Crippen LogP contribution < -0.4 is 10.6 Å². The Morgan fingerprint density at radius 1 is 1.11 bits per heavy atom. The molecule has 8 nitrogen and oxygen atoms in total. The van der Waals surface area contributed by atoms with E-state index in [9.17, 15) is 14.7 Å². The van der Waals surface area contributed by atoms with Crippen LogP contribution in [0.5, 0.6) is 0 Å². The van der Waals surface area contributed by atoms with E-state index < -0.39 is 17.9 Å². The van der Waals surface area contributed by atoms with Crippen LogP contribution in [0.1, 0.15) is 53.7 Å². The Hall–Kier alpha value is -3.78. The summed E-state index contributed by atoms with van der Waals surface area (Å²) in [5.41, 5.74) is 4.15. The van der Waals surface area contributed by atoms with E-state index in [0.717, 1.165) is 56.6 Å². The number of nitrogens with zero attached hydrogens (tertiary/aromatic N) is 2. The number of hydrogen-bond donors (Lipinski definition) is 3. The minimum Gasteiger partial charge on any atom is -0.480 e. The number of benzene rings is 1. The predicted molar refractivity (Wildman–Crippen MR) is 145 cm³/mol. The Bertz CT molecular complexity index is 1260. The zero-order valence-corrected chi connectivity index (χ0v) is 21.4. The zero-order chi connectivity index (χ0) is 26.3. The monoisotopic (exact) mass is 514 g/mol. The van der Waals surface area contributed by atoms with E-state index in [1.807, 2.05) is 24.3 Å². The van der Waals surface area contributed by atoms with Crippen LogP contribution in [-0.4, -0.2) is 52.2 Å². The van der Waals surface area contributed by atoms with Gasteiger partial charge in [0.05, 0.1) is 11.8 Å². The van der Waals surface area contributed by atoms with Crippen molar-refractivity contribution in [2.24, 2.45) is 5.92 Å². The van der Waals surface area contributed by atoms with Crippen molar-refractivity contribution in [2.45, 2.75) is 57.1 Å². The van der Waals surface area contributed by atoms with Gasteiger partial charge in [0.25, 0.3) is 5.91 Å². The van der Waals surface area contributed by atoms with Crippen molar-refractivity contribution in [2.75, 3.05) is 18.5 Å². The average molecular weight is 515 g/mol.